The van der Waals surface area contributed by atoms with Crippen LogP contribution in [0.2, 0.25) is 0 Å². The fourth-order valence-corrected chi connectivity index (χ4v) is 4.35. The summed E-state index contributed by atoms with van der Waals surface area (Å²) in [6, 6.07) is 17.8. The number of hydrogen-bond donors (Lipinski definition) is 0. The lowest BCUT2D eigenvalue weighted by Crippen LogP contribution is -2.40. The average molecular weight is 430 g/mol. The minimum atomic E-state index is -0.551. The normalized spacial score (nSPS) is 18.2. The number of ether oxygens (including phenoxy) is 4. The molecule has 0 aromatic heterocycles. The molecule has 0 bridgehead atoms. The van der Waals surface area contributed by atoms with Gasteiger partial charge < -0.3 is 18.9 Å². The third-order valence-corrected chi connectivity index (χ3v) is 6.01. The third kappa shape index (κ3) is 3.47. The Labute approximate surface area is 185 Å². The van der Waals surface area contributed by atoms with Crippen molar-refractivity contribution in [2.24, 2.45) is 0 Å². The molecular formula is C26H22O6. The molecular weight excluding hydrogens is 408 g/mol. The van der Waals surface area contributed by atoms with E-state index >= 15 is 0 Å². The number of fused-ring (bicyclic) bond motifs is 3. The maximum atomic E-state index is 12.7. The number of hydrogen-bond acceptors (Lipinski definition) is 6. The van der Waals surface area contributed by atoms with Gasteiger partial charge in [0, 0.05) is 5.56 Å². The molecule has 3 aromatic rings. The molecule has 6 nitrogen and oxygen atoms in total. The van der Waals surface area contributed by atoms with E-state index in [-0.39, 0.29) is 16.5 Å². The lowest BCUT2D eigenvalue weighted by molar-refractivity contribution is 0.0600. The van der Waals surface area contributed by atoms with Gasteiger partial charge in [-0.3, -0.25) is 0 Å². The van der Waals surface area contributed by atoms with Crippen LogP contribution in [-0.4, -0.2) is 32.3 Å². The second-order valence-electron chi connectivity index (χ2n) is 8.27. The molecule has 6 heteroatoms. The van der Waals surface area contributed by atoms with Gasteiger partial charge in [0.25, 0.3) is 0 Å². The quantitative estimate of drug-likeness (QED) is 0.457. The number of rotatable bonds is 3. The molecule has 2 heterocycles. The largest absolute Gasteiger partial charge is 0.492 e. The zero-order chi connectivity index (χ0) is 22.3. The number of esters is 2. The van der Waals surface area contributed by atoms with E-state index in [4.69, 9.17) is 18.9 Å². The zero-order valence-corrected chi connectivity index (χ0v) is 17.8. The van der Waals surface area contributed by atoms with Gasteiger partial charge in [0.1, 0.15) is 30.5 Å². The Hall–Kier alpha value is -3.80. The highest BCUT2D eigenvalue weighted by molar-refractivity contribution is 5.96. The van der Waals surface area contributed by atoms with E-state index in [9.17, 15) is 9.59 Å². The van der Waals surface area contributed by atoms with Gasteiger partial charge in [0.15, 0.2) is 0 Å². The number of carbonyl (C=O) groups excluding carboxylic acids is 2. The average Bonchev–Trinajstić information content (AvgIpc) is 3.15. The maximum absolute atomic E-state index is 12.7. The van der Waals surface area contributed by atoms with Gasteiger partial charge in [-0.25, -0.2) is 9.59 Å². The molecule has 1 unspecified atom stereocenters. The van der Waals surface area contributed by atoms with E-state index in [2.05, 4.69) is 13.0 Å². The van der Waals surface area contributed by atoms with Gasteiger partial charge in [-0.2, -0.15) is 0 Å². The van der Waals surface area contributed by atoms with E-state index in [1.54, 1.807) is 24.3 Å². The topological polar surface area (TPSA) is 71.1 Å². The van der Waals surface area contributed by atoms with Crippen LogP contribution in [-0.2, 0) is 16.6 Å². The van der Waals surface area contributed by atoms with Crippen molar-refractivity contribution in [3.63, 3.8) is 0 Å². The molecule has 0 N–H and O–H groups in total. The Balaban J connectivity index is 1.41. The Kier molecular flexibility index (Phi) is 4.85. The van der Waals surface area contributed by atoms with Gasteiger partial charge in [-0.15, -0.1) is 0 Å². The van der Waals surface area contributed by atoms with Crippen molar-refractivity contribution in [2.45, 2.75) is 18.8 Å². The molecule has 1 atom stereocenters. The van der Waals surface area contributed by atoms with Crippen LogP contribution in [0.25, 0.3) is 0 Å². The minimum absolute atomic E-state index is 0.268. The Bertz CT molecular complexity index is 1230. The summed E-state index contributed by atoms with van der Waals surface area (Å²) in [5, 5.41) is 0. The van der Waals surface area contributed by atoms with E-state index in [1.165, 1.54) is 18.7 Å². The van der Waals surface area contributed by atoms with Gasteiger partial charge >= 0.3 is 11.9 Å². The highest BCUT2D eigenvalue weighted by Crippen LogP contribution is 2.46. The molecule has 0 saturated heterocycles. The molecule has 3 aromatic carbocycles. The lowest BCUT2D eigenvalue weighted by Gasteiger charge is -2.34. The number of benzene rings is 3. The maximum Gasteiger partial charge on any atom is 0.343 e. The summed E-state index contributed by atoms with van der Waals surface area (Å²) in [6.45, 7) is 3.07. The second kappa shape index (κ2) is 7.71. The summed E-state index contributed by atoms with van der Waals surface area (Å²) in [6.07, 6.45) is 0.787. The van der Waals surface area contributed by atoms with Crippen LogP contribution < -0.4 is 14.2 Å². The number of carbonyl (C=O) groups is 2. The van der Waals surface area contributed by atoms with Gasteiger partial charge in [0.05, 0.1) is 23.7 Å². The van der Waals surface area contributed by atoms with Crippen LogP contribution in [0.3, 0.4) is 0 Å². The summed E-state index contributed by atoms with van der Waals surface area (Å²) in [5.41, 5.74) is 3.53. The first-order chi connectivity index (χ1) is 15.5. The predicted molar refractivity (Wildman–Crippen MR) is 117 cm³/mol. The molecule has 0 radical (unpaired) electrons. The molecule has 5 rings (SSSR count). The monoisotopic (exact) mass is 430 g/mol. The first-order valence-corrected chi connectivity index (χ1v) is 10.4. The molecule has 0 amide bonds. The van der Waals surface area contributed by atoms with Gasteiger partial charge in [-0.05, 0) is 61.4 Å². The molecule has 2 aliphatic rings. The smallest absolute Gasteiger partial charge is 0.343 e. The summed E-state index contributed by atoms with van der Waals surface area (Å²) >= 11 is 0. The fourth-order valence-electron chi connectivity index (χ4n) is 4.35. The van der Waals surface area contributed by atoms with E-state index in [0.29, 0.717) is 19.0 Å². The predicted octanol–water partition coefficient (Wildman–Crippen LogP) is 4.27. The zero-order valence-electron chi connectivity index (χ0n) is 17.8. The molecule has 0 aliphatic carbocycles. The summed E-state index contributed by atoms with van der Waals surface area (Å²) in [5.74, 6) is 1.03. The summed E-state index contributed by atoms with van der Waals surface area (Å²) in [7, 11) is 1.30. The van der Waals surface area contributed by atoms with Crippen molar-refractivity contribution < 1.29 is 28.5 Å². The van der Waals surface area contributed by atoms with E-state index in [1.807, 2.05) is 24.3 Å². The molecule has 162 valence electrons. The van der Waals surface area contributed by atoms with Crippen molar-refractivity contribution >= 4 is 11.9 Å². The lowest BCUT2D eigenvalue weighted by atomic mass is 9.76. The van der Waals surface area contributed by atoms with Crippen LogP contribution >= 0.6 is 0 Å². The van der Waals surface area contributed by atoms with Crippen LogP contribution in [0.15, 0.2) is 60.7 Å². The van der Waals surface area contributed by atoms with Crippen LogP contribution in [0.5, 0.6) is 17.2 Å². The third-order valence-electron chi connectivity index (χ3n) is 6.01. The van der Waals surface area contributed by atoms with Gasteiger partial charge in [0.2, 0.25) is 0 Å². The summed E-state index contributed by atoms with van der Waals surface area (Å²) < 4.78 is 22.4. The van der Waals surface area contributed by atoms with Crippen molar-refractivity contribution in [1.29, 1.82) is 0 Å². The first kappa shape index (κ1) is 20.1. The van der Waals surface area contributed by atoms with Crippen molar-refractivity contribution in [3.8, 4) is 17.2 Å². The van der Waals surface area contributed by atoms with E-state index < -0.39 is 11.9 Å². The minimum Gasteiger partial charge on any atom is -0.492 e. The second-order valence-corrected chi connectivity index (χ2v) is 8.27. The Morgan fingerprint density at radius 3 is 2.38 bits per heavy atom. The fraction of sp³-hybridized carbons (Fsp3) is 0.231. The summed E-state index contributed by atoms with van der Waals surface area (Å²) in [4.78, 5) is 24.5. The highest BCUT2D eigenvalue weighted by Gasteiger charge is 2.45. The standard InChI is InChI=1S/C26H22O6/c1-16-6-8-22-19(10-16)13-26(14-30-22)15-31-23-9-7-20(12-21(23)26)32-25(28)18-5-3-4-17(11-18)24(27)29-2/h3-12H,13-15H2,1-2H3. The van der Waals surface area contributed by atoms with E-state index in [0.717, 1.165) is 29.0 Å². The van der Waals surface area contributed by atoms with Gasteiger partial charge in [-0.1, -0.05) is 23.8 Å². The Morgan fingerprint density at radius 2 is 1.59 bits per heavy atom. The molecule has 0 saturated carbocycles. The first-order valence-electron chi connectivity index (χ1n) is 10.4. The molecule has 1 spiro atoms. The van der Waals surface area contributed by atoms with Crippen molar-refractivity contribution in [2.75, 3.05) is 20.3 Å². The number of aryl methyl sites for hydroxylation is 1. The van der Waals surface area contributed by atoms with Crippen LogP contribution in [0.4, 0.5) is 0 Å². The van der Waals surface area contributed by atoms with Crippen LogP contribution in [0.1, 0.15) is 37.4 Å². The van der Waals surface area contributed by atoms with Crippen LogP contribution in [0, 0.1) is 6.92 Å². The van der Waals surface area contributed by atoms with Crippen molar-refractivity contribution in [3.05, 3.63) is 88.5 Å². The van der Waals surface area contributed by atoms with Crippen molar-refractivity contribution in [1.82, 2.24) is 0 Å². The molecule has 2 aliphatic heterocycles. The molecule has 0 fully saturated rings. The SMILES string of the molecule is COC(=O)c1cccc(C(=O)Oc2ccc3c(c2)C2(COc4ccc(C)cc4C2)CO3)c1. The number of methoxy groups -OCH3 is 1. The Morgan fingerprint density at radius 1 is 0.875 bits per heavy atom. The molecule has 32 heavy (non-hydrogen) atoms. The highest BCUT2D eigenvalue weighted by atomic mass is 16.5.